The number of thiol groups is 1. The Labute approximate surface area is 652 Å². The fourth-order valence-corrected chi connectivity index (χ4v) is 14.7. The molecule has 15 rings (SSSR count). The van der Waals surface area contributed by atoms with Gasteiger partial charge in [0.15, 0.2) is 15.4 Å². The molecule has 4 saturated heterocycles. The standard InChI is InChI=1S/C24H25FN4OS2.C13H14ClFN4S.C11H12OS.C9H9Cl2FN2.C7H7Cl2N.C4H8FN.C4H6N2S.ClH/c1-15-13-26-24(31-15)28-22-11-19(29-9-8-18(25)14-29)12-23(27-22)32-20-6-2-16(3-7-20)10-21(30)17-4-5-17;1-8-6-16-13(20-8)18-12-5-10(4-11(14)17-12)19-3-2-9(15)7-19;12-11(9-3-4-9)7-8-1-5-10(13)6-2-8;10-8-3-7(4-9(11)13-8)14-2-1-6(12)5-14;1-2-5-3-6(8)10-7(9)4-5;5-4-1-2-6-3-4;1-3-2-6-4(5)7-3;/h2-3,6-7,11-13,17-18H,4-5,8-10,14H2,1H3,(H,26,27,28);4-6,9H,2-3,7H2,1H3,(H,16,17,18);1-2,5-6,9,13H,3-4,7H2;3-4,6H,1-2,5H2;3-4H,2H2,1H3;4,6H,1-3H2;2H,1H3,(H2,5,6);1H/t18-;9-;;6-;;4-;;/m00.0.0../s1. The molecule has 2 saturated carbocycles. The van der Waals surface area contributed by atoms with Crippen LogP contribution in [0.15, 0.2) is 130 Å². The first-order valence-electron chi connectivity index (χ1n) is 33.5. The van der Waals surface area contributed by atoms with Crippen molar-refractivity contribution in [1.82, 2.24) is 40.2 Å². The number of carbonyl (C=O) groups excluding carboxylic acids is 2. The molecular weight excluding hydrogens is 1540 g/mol. The van der Waals surface area contributed by atoms with E-state index in [2.05, 4.69) is 63.4 Å². The second-order valence-electron chi connectivity index (χ2n) is 25.0. The number of nitrogens with two attached hydrogens (primary N) is 1. The zero-order valence-corrected chi connectivity index (χ0v) is 65.9. The number of alkyl halides is 4. The Morgan fingerprint density at radius 2 is 0.961 bits per heavy atom. The van der Waals surface area contributed by atoms with Crippen LogP contribution in [0, 0.1) is 32.6 Å². The Kier molecular flexibility index (Phi) is 33.3. The second kappa shape index (κ2) is 41.3. The Hall–Kier alpha value is -5.81. The van der Waals surface area contributed by atoms with Gasteiger partial charge < -0.3 is 36.4 Å². The number of carbonyl (C=O) groups is 2. The van der Waals surface area contributed by atoms with Gasteiger partial charge in [0.05, 0.1) is 0 Å². The molecule has 2 aromatic carbocycles. The van der Waals surface area contributed by atoms with Gasteiger partial charge in [-0.2, -0.15) is 0 Å². The van der Waals surface area contributed by atoms with Crippen molar-refractivity contribution in [3.63, 3.8) is 0 Å². The molecule has 552 valence electrons. The number of ketones is 2. The number of anilines is 8. The van der Waals surface area contributed by atoms with Crippen LogP contribution in [0.4, 0.5) is 61.7 Å². The lowest BCUT2D eigenvalue weighted by Gasteiger charge is -2.19. The lowest BCUT2D eigenvalue weighted by Crippen LogP contribution is -2.20. The summed E-state index contributed by atoms with van der Waals surface area (Å²) in [5.41, 5.74) is 11.3. The first kappa shape index (κ1) is 82.8. The third-order valence-corrected chi connectivity index (χ3v) is 20.9. The lowest BCUT2D eigenvalue weighted by molar-refractivity contribution is -0.120. The highest BCUT2D eigenvalue weighted by molar-refractivity contribution is 7.99. The number of benzene rings is 2. The van der Waals surface area contributed by atoms with E-state index in [0.29, 0.717) is 144 Å². The first-order chi connectivity index (χ1) is 48.9. The molecule has 11 heterocycles. The quantitative estimate of drug-likeness (QED) is 0.0348. The number of pyridine rings is 4. The number of hydrogen-bond donors (Lipinski definition) is 5. The Morgan fingerprint density at radius 1 is 0.544 bits per heavy atom. The van der Waals surface area contributed by atoms with Crippen LogP contribution < -0.4 is 36.4 Å². The van der Waals surface area contributed by atoms with Gasteiger partial charge in [-0.25, -0.2) is 52.4 Å². The molecule has 4 atom stereocenters. The van der Waals surface area contributed by atoms with Gasteiger partial charge in [-0.3, -0.25) is 9.59 Å². The number of nitrogens with one attached hydrogen (secondary N) is 3. The summed E-state index contributed by atoms with van der Waals surface area (Å²) in [7, 11) is 0. The molecule has 31 heteroatoms. The summed E-state index contributed by atoms with van der Waals surface area (Å²) in [4.78, 5) is 64.0. The zero-order chi connectivity index (χ0) is 72.8. The third-order valence-electron chi connectivity index (χ3n) is 16.3. The predicted molar refractivity (Wildman–Crippen MR) is 425 cm³/mol. The molecule has 0 radical (unpaired) electrons. The van der Waals surface area contributed by atoms with Crippen LogP contribution in [0.5, 0.6) is 0 Å². The summed E-state index contributed by atoms with van der Waals surface area (Å²) in [5.74, 6) is 2.74. The Morgan fingerprint density at radius 3 is 1.32 bits per heavy atom. The zero-order valence-electron chi connectivity index (χ0n) is 57.1. The van der Waals surface area contributed by atoms with Crippen molar-refractivity contribution in [1.29, 1.82) is 0 Å². The van der Waals surface area contributed by atoms with Gasteiger partial charge in [-0.1, -0.05) is 101 Å². The SMILES string of the molecule is CCc1cc(Cl)nc(Cl)c1.Cc1cnc(N)s1.Cc1cnc(Nc2cc(N3CC[C@H](F)C3)cc(Cl)n2)s1.Cc1cnc(Nc2cc(N3CC[C@H](F)C3)cc(Sc3ccc(CC(=O)C4CC4)cc3)n2)s1.Cl.F[C@H]1CCN(c2cc(Cl)nc(Cl)c2)C1.F[C@H]1CCNC1.O=C(Cc1ccc(S)cc1)C1CC1. The van der Waals surface area contributed by atoms with Crippen LogP contribution in [0.1, 0.15) is 89.6 Å². The molecule has 0 spiro atoms. The molecule has 9 aromatic rings. The number of halogens is 10. The highest BCUT2D eigenvalue weighted by atomic mass is 35.5. The second-order valence-corrected chi connectivity index (χ2v) is 32.3. The summed E-state index contributed by atoms with van der Waals surface area (Å²) in [6.45, 7) is 12.8. The Balaban J connectivity index is 0.000000164. The number of nitrogens with zero attached hydrogens (tertiary/aromatic N) is 10. The maximum atomic E-state index is 13.8. The number of aryl methyl sites for hydroxylation is 4. The maximum absolute atomic E-state index is 13.8. The number of Topliss-reactive ketones (excluding diaryl/α,β-unsaturated/α-hetero) is 2. The van der Waals surface area contributed by atoms with Crippen molar-refractivity contribution in [2.45, 2.75) is 138 Å². The van der Waals surface area contributed by atoms with E-state index in [9.17, 15) is 27.2 Å². The minimum atomic E-state index is -0.789. The molecule has 6 aliphatic rings. The van der Waals surface area contributed by atoms with Crippen LogP contribution in [0.25, 0.3) is 0 Å². The fraction of sp³-hybridized carbons (Fsp3) is 0.403. The predicted octanol–water partition coefficient (Wildman–Crippen LogP) is 19.8. The summed E-state index contributed by atoms with van der Waals surface area (Å²) in [6, 6.07) is 30.6. The highest BCUT2D eigenvalue weighted by Gasteiger charge is 2.31. The summed E-state index contributed by atoms with van der Waals surface area (Å²) in [5, 5.41) is 14.4. The largest absolute Gasteiger partial charge is 0.375 e. The highest BCUT2D eigenvalue weighted by Crippen LogP contribution is 2.37. The van der Waals surface area contributed by atoms with Crippen LogP contribution in [0.2, 0.25) is 25.8 Å². The number of nitrogen functional groups attached to an aromatic ring is 1. The number of thiazole rings is 3. The van der Waals surface area contributed by atoms with Gasteiger partial charge in [0.25, 0.3) is 0 Å². The molecule has 6 fully saturated rings. The summed E-state index contributed by atoms with van der Waals surface area (Å²) >= 11 is 39.2. The summed E-state index contributed by atoms with van der Waals surface area (Å²) in [6.07, 6.45) is 11.3. The van der Waals surface area contributed by atoms with Gasteiger partial charge in [0.2, 0.25) is 0 Å². The van der Waals surface area contributed by atoms with E-state index in [1.54, 1.807) is 65.0 Å². The normalized spacial score (nSPS) is 17.8. The van der Waals surface area contributed by atoms with E-state index in [0.717, 1.165) is 112 Å². The molecule has 2 aliphatic carbocycles. The number of hydrogen-bond acceptors (Lipinski definition) is 21. The number of rotatable bonds is 16. The van der Waals surface area contributed by atoms with Crippen molar-refractivity contribution in [2.24, 2.45) is 11.8 Å². The average molecular weight is 1620 g/mol. The van der Waals surface area contributed by atoms with E-state index in [4.69, 9.17) is 68.7 Å². The smallest absolute Gasteiger partial charge is 0.188 e. The first-order valence-corrected chi connectivity index (χ1v) is 39.1. The van der Waals surface area contributed by atoms with Crippen molar-refractivity contribution in [2.75, 3.05) is 83.4 Å². The molecule has 7 aromatic heterocycles. The maximum Gasteiger partial charge on any atom is 0.188 e. The van der Waals surface area contributed by atoms with E-state index < -0.39 is 24.7 Å². The molecular formula is C72H82Cl6F4N14O2S5. The third kappa shape index (κ3) is 29.1. The monoisotopic (exact) mass is 1620 g/mol. The van der Waals surface area contributed by atoms with E-state index >= 15 is 0 Å². The minimum absolute atomic E-state index is 0. The van der Waals surface area contributed by atoms with Crippen molar-refractivity contribution < 1.29 is 27.2 Å². The van der Waals surface area contributed by atoms with E-state index in [1.165, 1.54) is 11.3 Å². The molecule has 16 nitrogen and oxygen atoms in total. The Bertz CT molecular complexity index is 4100. The van der Waals surface area contributed by atoms with E-state index in [1.807, 2.05) is 123 Å². The average Bonchev–Trinajstić information content (AvgIpc) is 1.82. The molecule has 5 N–H and O–H groups in total. The van der Waals surface area contributed by atoms with Crippen LogP contribution in [0.3, 0.4) is 0 Å². The van der Waals surface area contributed by atoms with Crippen LogP contribution in [-0.2, 0) is 28.9 Å². The van der Waals surface area contributed by atoms with Crippen LogP contribution in [-0.4, -0.2) is 123 Å². The number of aromatic nitrogens is 7. The van der Waals surface area contributed by atoms with Crippen molar-refractivity contribution >= 4 is 184 Å². The molecule has 0 bridgehead atoms. The summed E-state index contributed by atoms with van der Waals surface area (Å²) < 4.78 is 51.9. The van der Waals surface area contributed by atoms with Gasteiger partial charge in [-0.15, -0.1) is 59.0 Å². The lowest BCUT2D eigenvalue weighted by atomic mass is 10.1. The van der Waals surface area contributed by atoms with Crippen molar-refractivity contribution in [3.8, 4) is 0 Å². The van der Waals surface area contributed by atoms with Crippen molar-refractivity contribution in [3.05, 3.63) is 173 Å². The topological polar surface area (TPSA) is 196 Å². The van der Waals surface area contributed by atoms with Gasteiger partial charge in [0, 0.05) is 143 Å². The van der Waals surface area contributed by atoms with E-state index in [-0.39, 0.29) is 18.3 Å². The molecule has 103 heavy (non-hydrogen) atoms. The molecule has 0 unspecified atom stereocenters. The molecule has 4 aliphatic heterocycles. The minimum Gasteiger partial charge on any atom is -0.375 e. The fourth-order valence-electron chi connectivity index (χ4n) is 10.7. The van der Waals surface area contributed by atoms with Gasteiger partial charge >= 0.3 is 0 Å². The van der Waals surface area contributed by atoms with Crippen LogP contribution >= 0.6 is 129 Å². The molecule has 0 amide bonds. The van der Waals surface area contributed by atoms with Gasteiger partial charge in [0.1, 0.15) is 78.7 Å². The van der Waals surface area contributed by atoms with Gasteiger partial charge in [-0.05, 0) is 162 Å².